The zero-order valence-electron chi connectivity index (χ0n) is 15.6. The molecule has 1 N–H and O–H groups in total. The Kier molecular flexibility index (Phi) is 5.29. The van der Waals surface area contributed by atoms with Crippen LogP contribution in [-0.2, 0) is 23.9 Å². The quantitative estimate of drug-likeness (QED) is 0.430. The summed E-state index contributed by atoms with van der Waals surface area (Å²) in [6.07, 6.45) is 0.659. The number of halogens is 2. The molecule has 0 unspecified atom stereocenters. The number of rotatable bonds is 5. The number of hydrogen-bond donors (Lipinski definition) is 1. The molecule has 3 aliphatic rings. The van der Waals surface area contributed by atoms with Crippen molar-refractivity contribution < 1.29 is 23.9 Å². The van der Waals surface area contributed by atoms with Crippen molar-refractivity contribution in [3.05, 3.63) is 29.8 Å². The number of imide groups is 1. The van der Waals surface area contributed by atoms with Gasteiger partial charge >= 0.3 is 5.97 Å². The Morgan fingerprint density at radius 2 is 1.62 bits per heavy atom. The lowest BCUT2D eigenvalue weighted by Gasteiger charge is -2.28. The van der Waals surface area contributed by atoms with E-state index in [1.165, 1.54) is 0 Å². The van der Waals surface area contributed by atoms with Gasteiger partial charge in [0.1, 0.15) is 6.54 Å². The molecule has 2 aliphatic carbocycles. The lowest BCUT2D eigenvalue weighted by molar-refractivity contribution is -0.154. The van der Waals surface area contributed by atoms with Crippen molar-refractivity contribution in [2.45, 2.75) is 24.1 Å². The van der Waals surface area contributed by atoms with Crippen LogP contribution in [0.15, 0.2) is 24.3 Å². The molecule has 3 amide bonds. The number of likely N-dealkylation sites (tertiary alicyclic amines) is 1. The number of benzene rings is 1. The second kappa shape index (κ2) is 7.61. The Hall–Kier alpha value is -2.12. The van der Waals surface area contributed by atoms with Gasteiger partial charge in [-0.2, -0.15) is 0 Å². The summed E-state index contributed by atoms with van der Waals surface area (Å²) in [7, 11) is 0. The second-order valence-corrected chi connectivity index (χ2v) is 8.85. The van der Waals surface area contributed by atoms with E-state index in [9.17, 15) is 19.2 Å². The maximum absolute atomic E-state index is 12.7. The number of carbonyl (C=O) groups excluding carboxylic acids is 4. The highest BCUT2D eigenvalue weighted by Gasteiger charge is 2.66. The molecule has 154 valence electrons. The van der Waals surface area contributed by atoms with E-state index >= 15 is 0 Å². The number of hydrogen-bond acceptors (Lipinski definition) is 5. The van der Waals surface area contributed by atoms with E-state index in [2.05, 4.69) is 5.32 Å². The fourth-order valence-electron chi connectivity index (χ4n) is 4.72. The minimum Gasteiger partial charge on any atom is -0.454 e. The molecule has 29 heavy (non-hydrogen) atoms. The van der Waals surface area contributed by atoms with E-state index in [1.54, 1.807) is 12.1 Å². The van der Waals surface area contributed by atoms with E-state index in [0.29, 0.717) is 12.1 Å². The Morgan fingerprint density at radius 3 is 2.17 bits per heavy atom. The van der Waals surface area contributed by atoms with Gasteiger partial charge in [0.05, 0.1) is 22.6 Å². The van der Waals surface area contributed by atoms with Gasteiger partial charge in [-0.3, -0.25) is 24.1 Å². The van der Waals surface area contributed by atoms with Gasteiger partial charge in [0.15, 0.2) is 6.61 Å². The molecule has 3 fully saturated rings. The summed E-state index contributed by atoms with van der Waals surface area (Å²) in [5, 5.41) is 1.90. The Morgan fingerprint density at radius 1 is 1.07 bits per heavy atom. The van der Waals surface area contributed by atoms with Gasteiger partial charge in [-0.15, -0.1) is 23.2 Å². The van der Waals surface area contributed by atoms with Crippen LogP contribution in [0.3, 0.4) is 0 Å². The highest BCUT2D eigenvalue weighted by molar-refractivity contribution is 6.31. The number of anilines is 1. The molecular weight excluding hydrogens is 419 g/mol. The molecule has 7 nitrogen and oxygen atoms in total. The minimum absolute atomic E-state index is 0.146. The number of alkyl halides is 2. The first-order valence-electron chi connectivity index (χ1n) is 9.43. The van der Waals surface area contributed by atoms with Gasteiger partial charge in [0, 0.05) is 5.69 Å². The fourth-order valence-corrected chi connectivity index (χ4v) is 5.61. The average molecular weight is 439 g/mol. The molecule has 1 aromatic carbocycles. The monoisotopic (exact) mass is 438 g/mol. The van der Waals surface area contributed by atoms with Crippen LogP contribution in [0.4, 0.5) is 5.69 Å². The van der Waals surface area contributed by atoms with Crippen molar-refractivity contribution in [1.29, 1.82) is 0 Å². The molecule has 0 aromatic heterocycles. The number of nitrogens with zero attached hydrogens (tertiary/aromatic N) is 1. The molecule has 1 aromatic rings. The van der Waals surface area contributed by atoms with Crippen molar-refractivity contribution in [3.8, 4) is 0 Å². The molecule has 0 radical (unpaired) electrons. The van der Waals surface area contributed by atoms with E-state index in [-0.39, 0.29) is 22.6 Å². The molecule has 0 spiro atoms. The first-order valence-corrected chi connectivity index (χ1v) is 10.3. The van der Waals surface area contributed by atoms with Crippen LogP contribution in [-0.4, -0.2) is 52.5 Å². The second-order valence-electron chi connectivity index (χ2n) is 7.84. The van der Waals surface area contributed by atoms with Gasteiger partial charge < -0.3 is 10.1 Å². The summed E-state index contributed by atoms with van der Waals surface area (Å²) in [4.78, 5) is 50.4. The van der Waals surface area contributed by atoms with Gasteiger partial charge in [0.2, 0.25) is 11.8 Å². The molecule has 2 saturated carbocycles. The highest BCUT2D eigenvalue weighted by Crippen LogP contribution is 2.59. The van der Waals surface area contributed by atoms with Crippen molar-refractivity contribution >= 4 is 52.6 Å². The van der Waals surface area contributed by atoms with Crippen molar-refractivity contribution in [2.24, 2.45) is 23.7 Å². The molecule has 4 rings (SSSR count). The smallest absolute Gasteiger partial charge is 0.326 e. The summed E-state index contributed by atoms with van der Waals surface area (Å²) in [6.45, 7) is 0.908. The normalized spacial score (nSPS) is 32.4. The Labute approximate surface area is 177 Å². The largest absolute Gasteiger partial charge is 0.454 e. The van der Waals surface area contributed by atoms with E-state index < -0.39 is 48.7 Å². The van der Waals surface area contributed by atoms with Crippen LogP contribution in [0.5, 0.6) is 0 Å². The first-order chi connectivity index (χ1) is 13.8. The van der Waals surface area contributed by atoms with E-state index in [4.69, 9.17) is 27.9 Å². The standard InChI is InChI=1S/C20H20Cl2N2O5/c1-9-2-4-10(5-3-9)23-13(25)8-29-14(26)7-24-19(27)15-11-6-12(16(15)20(24)28)18(22)17(11)21/h2-5,11-12,15-18H,6-8H2,1H3,(H,23,25)/t11-,12-,15-,16-,17-,18+/m1/s1. The summed E-state index contributed by atoms with van der Waals surface area (Å²) >= 11 is 12.6. The van der Waals surface area contributed by atoms with Gasteiger partial charge in [-0.25, -0.2) is 0 Å². The average Bonchev–Trinajstić information content (AvgIpc) is 3.29. The predicted molar refractivity (Wildman–Crippen MR) is 105 cm³/mol. The van der Waals surface area contributed by atoms with Gasteiger partial charge in [0.25, 0.3) is 5.91 Å². The third-order valence-corrected chi connectivity index (χ3v) is 7.38. The molecule has 2 bridgehead atoms. The molecular formula is C20H20Cl2N2O5. The number of aryl methyl sites for hydroxylation is 1. The van der Waals surface area contributed by atoms with E-state index in [1.807, 2.05) is 19.1 Å². The van der Waals surface area contributed by atoms with Crippen LogP contribution < -0.4 is 5.32 Å². The van der Waals surface area contributed by atoms with Gasteiger partial charge in [-0.05, 0) is 37.3 Å². The molecule has 6 atom stereocenters. The van der Waals surface area contributed by atoms with Crippen LogP contribution >= 0.6 is 23.2 Å². The molecule has 1 saturated heterocycles. The van der Waals surface area contributed by atoms with Crippen molar-refractivity contribution in [3.63, 3.8) is 0 Å². The highest BCUT2D eigenvalue weighted by atomic mass is 35.5. The molecule has 9 heteroatoms. The number of fused-ring (bicyclic) bond motifs is 5. The summed E-state index contributed by atoms with van der Waals surface area (Å²) in [6, 6.07) is 7.15. The van der Waals surface area contributed by atoms with E-state index in [0.717, 1.165) is 10.5 Å². The van der Waals surface area contributed by atoms with Crippen LogP contribution in [0.2, 0.25) is 0 Å². The maximum atomic E-state index is 12.7. The van der Waals surface area contributed by atoms with Gasteiger partial charge in [-0.1, -0.05) is 17.7 Å². The number of esters is 1. The Balaban J connectivity index is 1.31. The van der Waals surface area contributed by atoms with Crippen molar-refractivity contribution in [1.82, 2.24) is 4.90 Å². The lowest BCUT2D eigenvalue weighted by atomic mass is 9.80. The third-order valence-electron chi connectivity index (χ3n) is 6.07. The summed E-state index contributed by atoms with van der Waals surface area (Å²) in [5.41, 5.74) is 1.63. The van der Waals surface area contributed by atoms with Crippen LogP contribution in [0.1, 0.15) is 12.0 Å². The SMILES string of the molecule is Cc1ccc(NC(=O)COC(=O)CN2C(=O)[C@@H]3[C@H]4C[C@@H]([C@@H](Cl)[C@H]4Cl)[C@H]3C2=O)cc1. The zero-order chi connectivity index (χ0) is 20.9. The maximum Gasteiger partial charge on any atom is 0.326 e. The molecule has 1 aliphatic heterocycles. The zero-order valence-corrected chi connectivity index (χ0v) is 17.2. The lowest BCUT2D eigenvalue weighted by Crippen LogP contribution is -2.38. The summed E-state index contributed by atoms with van der Waals surface area (Å²) in [5.74, 6) is -3.44. The van der Waals surface area contributed by atoms with Crippen LogP contribution in [0, 0.1) is 30.6 Å². The first kappa shape index (κ1) is 20.2. The Bertz CT molecular complexity index is 842. The fraction of sp³-hybridized carbons (Fsp3) is 0.500. The number of ether oxygens (including phenoxy) is 1. The topological polar surface area (TPSA) is 92.8 Å². The third kappa shape index (κ3) is 3.51. The predicted octanol–water partition coefficient (Wildman–Crippen LogP) is 1.94. The molecule has 1 heterocycles. The minimum atomic E-state index is -0.817. The summed E-state index contributed by atoms with van der Waals surface area (Å²) < 4.78 is 4.94. The number of amides is 3. The van der Waals surface area contributed by atoms with Crippen LogP contribution in [0.25, 0.3) is 0 Å². The number of nitrogens with one attached hydrogen (secondary N) is 1. The number of carbonyl (C=O) groups is 4. The van der Waals surface area contributed by atoms with Crippen molar-refractivity contribution in [2.75, 3.05) is 18.5 Å².